The molecule has 0 aliphatic rings. The molecule has 2 aromatic carbocycles. The van der Waals surface area contributed by atoms with Crippen LogP contribution in [-0.2, 0) is 11.3 Å². The fourth-order valence-electron chi connectivity index (χ4n) is 3.35. The Morgan fingerprint density at radius 3 is 2.50 bits per heavy atom. The predicted octanol–water partition coefficient (Wildman–Crippen LogP) is 3.43. The number of aryl methyl sites for hydroxylation is 4. The summed E-state index contributed by atoms with van der Waals surface area (Å²) in [4.78, 5) is 25.3. The summed E-state index contributed by atoms with van der Waals surface area (Å²) < 4.78 is 2.61. The van der Waals surface area contributed by atoms with E-state index in [-0.39, 0.29) is 18.0 Å². The van der Waals surface area contributed by atoms with Crippen LogP contribution in [0.3, 0.4) is 0 Å². The van der Waals surface area contributed by atoms with Gasteiger partial charge in [0.05, 0.1) is 5.69 Å². The molecule has 0 unspecified atom stereocenters. The molecule has 4 aromatic rings. The minimum absolute atomic E-state index is 0.174. The lowest BCUT2D eigenvalue weighted by molar-refractivity contribution is -0.117. The maximum Gasteiger partial charge on any atom is 0.293 e. The fraction of sp³-hybridized carbons (Fsp3) is 0.217. The number of nitrogens with one attached hydrogen (secondary N) is 1. The van der Waals surface area contributed by atoms with Gasteiger partial charge in [-0.2, -0.15) is 10.2 Å². The van der Waals surface area contributed by atoms with Crippen molar-refractivity contribution in [2.45, 2.75) is 34.2 Å². The number of fused-ring (bicyclic) bond motifs is 1. The first-order chi connectivity index (χ1) is 14.3. The lowest BCUT2D eigenvalue weighted by Crippen LogP contribution is -2.30. The lowest BCUT2D eigenvalue weighted by atomic mass is 10.0. The van der Waals surface area contributed by atoms with Crippen molar-refractivity contribution in [1.29, 1.82) is 0 Å². The van der Waals surface area contributed by atoms with Crippen molar-refractivity contribution in [2.75, 3.05) is 5.32 Å². The smallest absolute Gasteiger partial charge is 0.293 e. The summed E-state index contributed by atoms with van der Waals surface area (Å²) in [6, 6.07) is 13.5. The standard InChI is InChI=1S/C23H23N5O2/c1-14-5-6-16(3)19(9-14)20-11-21-23(30)27(24-13-28(21)26-20)12-22(29)25-18-8-7-15(2)17(4)10-18/h5-11,13H,12H2,1-4H3,(H,25,29). The van der Waals surface area contributed by atoms with Gasteiger partial charge in [0, 0.05) is 11.3 Å². The van der Waals surface area contributed by atoms with Gasteiger partial charge >= 0.3 is 0 Å². The zero-order valence-corrected chi connectivity index (χ0v) is 17.4. The van der Waals surface area contributed by atoms with E-state index in [0.29, 0.717) is 16.9 Å². The lowest BCUT2D eigenvalue weighted by Gasteiger charge is -2.08. The molecule has 1 N–H and O–H groups in total. The molecule has 7 nitrogen and oxygen atoms in total. The Morgan fingerprint density at radius 1 is 0.967 bits per heavy atom. The van der Waals surface area contributed by atoms with E-state index in [4.69, 9.17) is 0 Å². The maximum atomic E-state index is 12.9. The second-order valence-electron chi connectivity index (χ2n) is 7.62. The molecular weight excluding hydrogens is 378 g/mol. The first-order valence-corrected chi connectivity index (χ1v) is 9.72. The van der Waals surface area contributed by atoms with Crippen LogP contribution in [0.5, 0.6) is 0 Å². The summed E-state index contributed by atoms with van der Waals surface area (Å²) in [5, 5.41) is 11.4. The van der Waals surface area contributed by atoms with Crippen LogP contribution in [0, 0.1) is 27.7 Å². The van der Waals surface area contributed by atoms with Crippen molar-refractivity contribution in [3.63, 3.8) is 0 Å². The van der Waals surface area contributed by atoms with Gasteiger partial charge in [-0.1, -0.05) is 23.8 Å². The van der Waals surface area contributed by atoms with Gasteiger partial charge in [-0.3, -0.25) is 9.59 Å². The average Bonchev–Trinajstić information content (AvgIpc) is 3.14. The molecule has 0 aliphatic heterocycles. The van der Waals surface area contributed by atoms with Gasteiger partial charge < -0.3 is 5.32 Å². The van der Waals surface area contributed by atoms with Crippen molar-refractivity contribution in [3.05, 3.63) is 81.4 Å². The Bertz CT molecular complexity index is 1330. The summed E-state index contributed by atoms with van der Waals surface area (Å²) in [6.07, 6.45) is 1.45. The van der Waals surface area contributed by atoms with E-state index in [1.807, 2.05) is 64.1 Å². The second-order valence-corrected chi connectivity index (χ2v) is 7.62. The average molecular weight is 401 g/mol. The molecule has 0 spiro atoms. The number of hydrogen-bond acceptors (Lipinski definition) is 4. The van der Waals surface area contributed by atoms with Crippen LogP contribution in [0.1, 0.15) is 22.3 Å². The Labute approximate surface area is 174 Å². The van der Waals surface area contributed by atoms with Crippen LogP contribution in [0.2, 0.25) is 0 Å². The fourth-order valence-corrected chi connectivity index (χ4v) is 3.35. The van der Waals surface area contributed by atoms with E-state index in [1.165, 1.54) is 10.8 Å². The van der Waals surface area contributed by atoms with Crippen LogP contribution in [-0.4, -0.2) is 25.3 Å². The third-order valence-electron chi connectivity index (χ3n) is 5.24. The van der Waals surface area contributed by atoms with Crippen LogP contribution >= 0.6 is 0 Å². The molecule has 2 heterocycles. The number of benzene rings is 2. The number of rotatable bonds is 4. The highest BCUT2D eigenvalue weighted by Gasteiger charge is 2.14. The molecule has 0 fully saturated rings. The van der Waals surface area contributed by atoms with E-state index in [1.54, 1.807) is 6.07 Å². The van der Waals surface area contributed by atoms with Crippen molar-refractivity contribution < 1.29 is 4.79 Å². The van der Waals surface area contributed by atoms with Crippen molar-refractivity contribution >= 4 is 17.1 Å². The Balaban J connectivity index is 1.61. The largest absolute Gasteiger partial charge is 0.324 e. The van der Waals surface area contributed by atoms with E-state index in [0.717, 1.165) is 32.5 Å². The highest BCUT2D eigenvalue weighted by atomic mass is 16.2. The molecule has 0 saturated heterocycles. The van der Waals surface area contributed by atoms with Crippen molar-refractivity contribution in [1.82, 2.24) is 19.4 Å². The molecule has 152 valence electrons. The van der Waals surface area contributed by atoms with Gasteiger partial charge in [0.15, 0.2) is 0 Å². The SMILES string of the molecule is Cc1ccc(C)c(-c2cc3c(=O)n(CC(=O)Nc4ccc(C)c(C)c4)ncn3n2)c1. The molecular formula is C23H23N5O2. The van der Waals surface area contributed by atoms with Crippen LogP contribution in [0.15, 0.2) is 53.6 Å². The number of carbonyl (C=O) groups is 1. The van der Waals surface area contributed by atoms with Gasteiger partial charge in [0.1, 0.15) is 18.4 Å². The molecule has 0 aliphatic carbocycles. The number of amides is 1. The zero-order valence-electron chi connectivity index (χ0n) is 17.4. The maximum absolute atomic E-state index is 12.9. The van der Waals surface area contributed by atoms with Crippen LogP contribution in [0.25, 0.3) is 16.8 Å². The minimum Gasteiger partial charge on any atom is -0.324 e. The summed E-state index contributed by atoms with van der Waals surface area (Å²) in [6.45, 7) is 7.84. The number of aromatic nitrogens is 4. The highest BCUT2D eigenvalue weighted by Crippen LogP contribution is 2.23. The predicted molar refractivity (Wildman–Crippen MR) is 117 cm³/mol. The van der Waals surface area contributed by atoms with Gasteiger partial charge in [-0.15, -0.1) is 0 Å². The summed E-state index contributed by atoms with van der Waals surface area (Å²) >= 11 is 0. The van der Waals surface area contributed by atoms with Gasteiger partial charge in [-0.05, 0) is 68.7 Å². The van der Waals surface area contributed by atoms with Crippen LogP contribution in [0.4, 0.5) is 5.69 Å². The molecule has 1 amide bonds. The zero-order chi connectivity index (χ0) is 21.4. The number of hydrogen-bond donors (Lipinski definition) is 1. The molecule has 2 aromatic heterocycles. The monoisotopic (exact) mass is 401 g/mol. The first kappa shape index (κ1) is 19.6. The molecule has 30 heavy (non-hydrogen) atoms. The van der Waals surface area contributed by atoms with E-state index < -0.39 is 0 Å². The van der Waals surface area contributed by atoms with Crippen LogP contribution < -0.4 is 10.9 Å². The minimum atomic E-state index is -0.364. The first-order valence-electron chi connectivity index (χ1n) is 9.72. The molecule has 0 radical (unpaired) electrons. The molecule has 0 atom stereocenters. The van der Waals surface area contributed by atoms with Gasteiger partial charge in [0.2, 0.25) is 5.91 Å². The second kappa shape index (κ2) is 7.59. The number of carbonyl (C=O) groups excluding carboxylic acids is 1. The normalized spacial score (nSPS) is 11.1. The van der Waals surface area contributed by atoms with Gasteiger partial charge in [-0.25, -0.2) is 9.20 Å². The molecule has 0 bridgehead atoms. The summed E-state index contributed by atoms with van der Waals surface area (Å²) in [5.41, 5.74) is 6.80. The number of nitrogens with zero attached hydrogens (tertiary/aromatic N) is 4. The van der Waals surface area contributed by atoms with Crippen molar-refractivity contribution in [2.24, 2.45) is 0 Å². The molecule has 4 rings (SSSR count). The third kappa shape index (κ3) is 3.74. The third-order valence-corrected chi connectivity index (χ3v) is 5.24. The Morgan fingerprint density at radius 2 is 1.73 bits per heavy atom. The molecule has 7 heteroatoms. The summed E-state index contributed by atoms with van der Waals surface area (Å²) in [7, 11) is 0. The molecule has 0 saturated carbocycles. The topological polar surface area (TPSA) is 81.3 Å². The van der Waals surface area contributed by atoms with E-state index >= 15 is 0 Å². The Hall–Kier alpha value is -3.74. The summed E-state index contributed by atoms with van der Waals surface area (Å²) in [5.74, 6) is -0.313. The van der Waals surface area contributed by atoms with E-state index in [2.05, 4.69) is 15.5 Å². The quantitative estimate of drug-likeness (QED) is 0.568. The van der Waals surface area contributed by atoms with E-state index in [9.17, 15) is 9.59 Å². The Kier molecular flexibility index (Phi) is 4.95. The highest BCUT2D eigenvalue weighted by molar-refractivity contribution is 5.90. The van der Waals surface area contributed by atoms with Gasteiger partial charge in [0.25, 0.3) is 5.56 Å². The van der Waals surface area contributed by atoms with Crippen molar-refractivity contribution in [3.8, 4) is 11.3 Å². The number of anilines is 1.